The molecule has 0 saturated heterocycles. The second-order valence-corrected chi connectivity index (χ2v) is 7.78. The standard InChI is InChI=1S/C21H23FN4OS/c1-4-26-19(18-8-6-5-7-14(18)2)24-25-21(26)28-15(3)20(27)23-13-16-9-11-17(22)12-10-16/h5-12,15H,4,13H2,1-3H3,(H,23,27)/t15-/m0/s1. The normalized spacial score (nSPS) is 12.0. The molecule has 0 aliphatic heterocycles. The second kappa shape index (κ2) is 9.01. The maximum absolute atomic E-state index is 13.0. The Morgan fingerprint density at radius 2 is 1.89 bits per heavy atom. The largest absolute Gasteiger partial charge is 0.351 e. The first-order chi connectivity index (χ1) is 13.5. The Balaban J connectivity index is 1.68. The fraction of sp³-hybridized carbons (Fsp3) is 0.286. The van der Waals surface area contributed by atoms with Crippen molar-refractivity contribution in [2.75, 3.05) is 0 Å². The fourth-order valence-electron chi connectivity index (χ4n) is 2.83. The monoisotopic (exact) mass is 398 g/mol. The van der Waals surface area contributed by atoms with Gasteiger partial charge in [0.15, 0.2) is 11.0 Å². The third-order valence-corrected chi connectivity index (χ3v) is 5.53. The number of thioether (sulfide) groups is 1. The van der Waals surface area contributed by atoms with Gasteiger partial charge in [-0.25, -0.2) is 4.39 Å². The molecule has 1 amide bonds. The Bertz CT molecular complexity index is 955. The Kier molecular flexibility index (Phi) is 6.46. The Labute approximate surface area is 168 Å². The quantitative estimate of drug-likeness (QED) is 0.606. The highest BCUT2D eigenvalue weighted by Crippen LogP contribution is 2.28. The minimum Gasteiger partial charge on any atom is -0.351 e. The van der Waals surface area contributed by atoms with Gasteiger partial charge in [0.1, 0.15) is 5.82 Å². The molecule has 0 unspecified atom stereocenters. The summed E-state index contributed by atoms with van der Waals surface area (Å²) in [5, 5.41) is 11.9. The minimum atomic E-state index is -0.334. The van der Waals surface area contributed by atoms with E-state index >= 15 is 0 Å². The highest BCUT2D eigenvalue weighted by atomic mass is 32.2. The van der Waals surface area contributed by atoms with E-state index in [9.17, 15) is 9.18 Å². The van der Waals surface area contributed by atoms with Crippen LogP contribution < -0.4 is 5.32 Å². The summed E-state index contributed by atoms with van der Waals surface area (Å²) in [5.74, 6) is 0.418. The Morgan fingerprint density at radius 1 is 1.18 bits per heavy atom. The summed E-state index contributed by atoms with van der Waals surface area (Å²) in [6, 6.07) is 14.1. The number of hydrogen-bond donors (Lipinski definition) is 1. The maximum atomic E-state index is 13.0. The van der Waals surface area contributed by atoms with Crippen molar-refractivity contribution < 1.29 is 9.18 Å². The van der Waals surface area contributed by atoms with Crippen molar-refractivity contribution in [2.45, 2.75) is 44.3 Å². The molecule has 0 aliphatic rings. The van der Waals surface area contributed by atoms with Crippen LogP contribution in [0.15, 0.2) is 53.7 Å². The zero-order valence-corrected chi connectivity index (χ0v) is 17.0. The summed E-state index contributed by atoms with van der Waals surface area (Å²) >= 11 is 1.38. The van der Waals surface area contributed by atoms with E-state index in [1.165, 1.54) is 23.9 Å². The van der Waals surface area contributed by atoms with E-state index < -0.39 is 0 Å². The number of amides is 1. The maximum Gasteiger partial charge on any atom is 0.233 e. The number of halogens is 1. The Morgan fingerprint density at radius 3 is 2.57 bits per heavy atom. The van der Waals surface area contributed by atoms with Crippen LogP contribution in [-0.4, -0.2) is 25.9 Å². The first kappa shape index (κ1) is 20.1. The molecule has 0 saturated carbocycles. The summed E-state index contributed by atoms with van der Waals surface area (Å²) in [6.07, 6.45) is 0. The molecule has 0 aliphatic carbocycles. The van der Waals surface area contributed by atoms with E-state index in [-0.39, 0.29) is 17.0 Å². The summed E-state index contributed by atoms with van der Waals surface area (Å²) in [6.45, 7) is 6.99. The number of nitrogens with zero attached hydrogens (tertiary/aromatic N) is 3. The summed E-state index contributed by atoms with van der Waals surface area (Å²) in [7, 11) is 0. The second-order valence-electron chi connectivity index (χ2n) is 6.47. The lowest BCUT2D eigenvalue weighted by atomic mass is 10.1. The van der Waals surface area contributed by atoms with Crippen LogP contribution in [0.1, 0.15) is 25.0 Å². The highest BCUT2D eigenvalue weighted by Gasteiger charge is 2.20. The van der Waals surface area contributed by atoms with Crippen molar-refractivity contribution in [2.24, 2.45) is 0 Å². The molecule has 0 bridgehead atoms. The molecule has 1 N–H and O–H groups in total. The van der Waals surface area contributed by atoms with Gasteiger partial charge in [0, 0.05) is 18.7 Å². The SMILES string of the molecule is CCn1c(S[C@@H](C)C(=O)NCc2ccc(F)cc2)nnc1-c1ccccc1C. The summed E-state index contributed by atoms with van der Waals surface area (Å²) in [4.78, 5) is 12.5. The van der Waals surface area contributed by atoms with E-state index in [0.29, 0.717) is 18.2 Å². The van der Waals surface area contributed by atoms with Gasteiger partial charge in [0.05, 0.1) is 5.25 Å². The van der Waals surface area contributed by atoms with Crippen LogP contribution in [0.2, 0.25) is 0 Å². The van der Waals surface area contributed by atoms with Crippen LogP contribution >= 0.6 is 11.8 Å². The number of aromatic nitrogens is 3. The molecule has 7 heteroatoms. The average molecular weight is 399 g/mol. The van der Waals surface area contributed by atoms with Gasteiger partial charge in [0.25, 0.3) is 0 Å². The van der Waals surface area contributed by atoms with Gasteiger partial charge in [-0.1, -0.05) is 48.2 Å². The Hall–Kier alpha value is -2.67. The molecule has 0 radical (unpaired) electrons. The molecule has 146 valence electrons. The van der Waals surface area contributed by atoms with Crippen molar-refractivity contribution in [3.8, 4) is 11.4 Å². The average Bonchev–Trinajstić information content (AvgIpc) is 3.09. The van der Waals surface area contributed by atoms with Crippen molar-refractivity contribution in [3.63, 3.8) is 0 Å². The van der Waals surface area contributed by atoms with Crippen LogP contribution in [0.3, 0.4) is 0 Å². The van der Waals surface area contributed by atoms with E-state index in [1.807, 2.05) is 49.6 Å². The molecule has 0 fully saturated rings. The molecule has 2 aromatic carbocycles. The first-order valence-electron chi connectivity index (χ1n) is 9.17. The van der Waals surface area contributed by atoms with Gasteiger partial charge < -0.3 is 9.88 Å². The zero-order chi connectivity index (χ0) is 20.1. The van der Waals surface area contributed by atoms with E-state index in [2.05, 4.69) is 15.5 Å². The molecule has 1 aromatic heterocycles. The topological polar surface area (TPSA) is 59.8 Å². The molecule has 3 aromatic rings. The number of aryl methyl sites for hydroxylation is 1. The van der Waals surface area contributed by atoms with Gasteiger partial charge in [-0.15, -0.1) is 10.2 Å². The summed E-state index contributed by atoms with van der Waals surface area (Å²) < 4.78 is 15.0. The molecule has 28 heavy (non-hydrogen) atoms. The van der Waals surface area contributed by atoms with Crippen molar-refractivity contribution in [3.05, 3.63) is 65.5 Å². The number of rotatable bonds is 7. The molecule has 3 rings (SSSR count). The lowest BCUT2D eigenvalue weighted by molar-refractivity contribution is -0.120. The van der Waals surface area contributed by atoms with Crippen LogP contribution in [0.5, 0.6) is 0 Å². The smallest absolute Gasteiger partial charge is 0.233 e. The van der Waals surface area contributed by atoms with E-state index in [0.717, 1.165) is 22.5 Å². The van der Waals surface area contributed by atoms with Crippen LogP contribution in [0, 0.1) is 12.7 Å². The van der Waals surface area contributed by atoms with Gasteiger partial charge in [-0.05, 0) is 44.0 Å². The molecule has 5 nitrogen and oxygen atoms in total. The first-order valence-corrected chi connectivity index (χ1v) is 10.1. The van der Waals surface area contributed by atoms with Crippen molar-refractivity contribution in [1.29, 1.82) is 0 Å². The lowest BCUT2D eigenvalue weighted by Gasteiger charge is -2.13. The number of nitrogens with one attached hydrogen (secondary N) is 1. The molecule has 1 heterocycles. The molecule has 1 atom stereocenters. The summed E-state index contributed by atoms with van der Waals surface area (Å²) in [5.41, 5.74) is 3.02. The fourth-order valence-corrected chi connectivity index (χ4v) is 3.77. The van der Waals surface area contributed by atoms with E-state index in [4.69, 9.17) is 0 Å². The van der Waals surface area contributed by atoms with Crippen LogP contribution in [-0.2, 0) is 17.9 Å². The zero-order valence-electron chi connectivity index (χ0n) is 16.1. The third kappa shape index (κ3) is 4.59. The van der Waals surface area contributed by atoms with Crippen molar-refractivity contribution in [1.82, 2.24) is 20.1 Å². The highest BCUT2D eigenvalue weighted by molar-refractivity contribution is 8.00. The molecular formula is C21H23FN4OS. The van der Waals surface area contributed by atoms with Crippen molar-refractivity contribution >= 4 is 17.7 Å². The van der Waals surface area contributed by atoms with Gasteiger partial charge in [-0.2, -0.15) is 0 Å². The molecular weight excluding hydrogens is 375 g/mol. The predicted molar refractivity (Wildman–Crippen MR) is 109 cm³/mol. The van der Waals surface area contributed by atoms with Gasteiger partial charge >= 0.3 is 0 Å². The van der Waals surface area contributed by atoms with Crippen LogP contribution in [0.4, 0.5) is 4.39 Å². The lowest BCUT2D eigenvalue weighted by Crippen LogP contribution is -2.30. The van der Waals surface area contributed by atoms with E-state index in [1.54, 1.807) is 12.1 Å². The number of benzene rings is 2. The minimum absolute atomic E-state index is 0.0996. The van der Waals surface area contributed by atoms with Crippen LogP contribution in [0.25, 0.3) is 11.4 Å². The van der Waals surface area contributed by atoms with Gasteiger partial charge in [-0.3, -0.25) is 4.79 Å². The number of carbonyl (C=O) groups excluding carboxylic acids is 1. The third-order valence-electron chi connectivity index (χ3n) is 4.45. The van der Waals surface area contributed by atoms with Gasteiger partial charge in [0.2, 0.25) is 5.91 Å². The number of hydrogen-bond acceptors (Lipinski definition) is 4. The number of carbonyl (C=O) groups is 1. The molecule has 0 spiro atoms. The predicted octanol–water partition coefficient (Wildman–Crippen LogP) is 4.21.